The Hall–Kier alpha value is -0.550. The van der Waals surface area contributed by atoms with Gasteiger partial charge in [-0.1, -0.05) is 11.8 Å². The van der Waals surface area contributed by atoms with E-state index < -0.39 is 0 Å². The molecule has 0 aliphatic carbocycles. The molecule has 1 atom stereocenters. The first-order chi connectivity index (χ1) is 5.86. The minimum atomic E-state index is 0.674. The van der Waals surface area contributed by atoms with Gasteiger partial charge in [-0.05, 0) is 13.0 Å². The largest absolute Gasteiger partial charge is 0.316 e. The maximum Gasteiger partial charge on any atom is 0.186 e. The summed E-state index contributed by atoms with van der Waals surface area (Å²) in [5, 5.41) is 9.04. The zero-order valence-corrected chi connectivity index (χ0v) is 7.84. The van der Waals surface area contributed by atoms with Crippen LogP contribution in [0.2, 0.25) is 0 Å². The summed E-state index contributed by atoms with van der Waals surface area (Å²) in [5.41, 5.74) is 0. The van der Waals surface area contributed by atoms with E-state index in [1.54, 1.807) is 6.33 Å². The molecule has 0 radical (unpaired) electrons. The summed E-state index contributed by atoms with van der Waals surface area (Å²) in [6, 6.07) is 0. The van der Waals surface area contributed by atoms with Gasteiger partial charge in [0.25, 0.3) is 0 Å². The third kappa shape index (κ3) is 1.61. The molecule has 0 amide bonds. The molecule has 4 nitrogen and oxygen atoms in total. The second kappa shape index (κ2) is 3.45. The Labute approximate surface area is 75.8 Å². The first kappa shape index (κ1) is 8.07. The molecule has 0 bridgehead atoms. The summed E-state index contributed by atoms with van der Waals surface area (Å²) >= 11 is 1.81. The van der Waals surface area contributed by atoms with Gasteiger partial charge < -0.3 is 5.32 Å². The number of aryl methyl sites for hydroxylation is 1. The predicted molar refractivity (Wildman–Crippen MR) is 48.1 cm³/mol. The molecule has 1 saturated heterocycles. The molecule has 0 aromatic carbocycles. The van der Waals surface area contributed by atoms with Crippen LogP contribution >= 0.6 is 11.8 Å². The van der Waals surface area contributed by atoms with E-state index in [-0.39, 0.29) is 0 Å². The molecular weight excluding hydrogens is 172 g/mol. The first-order valence-electron chi connectivity index (χ1n) is 4.07. The summed E-state index contributed by atoms with van der Waals surface area (Å²) in [6.45, 7) is 2.23. The fourth-order valence-electron chi connectivity index (χ4n) is 1.27. The van der Waals surface area contributed by atoms with Gasteiger partial charge in [0.1, 0.15) is 6.33 Å². The Balaban J connectivity index is 1.98. The average Bonchev–Trinajstić information content (AvgIpc) is 2.65. The van der Waals surface area contributed by atoms with Crippen LogP contribution in [0.3, 0.4) is 0 Å². The minimum absolute atomic E-state index is 0.674. The smallest absolute Gasteiger partial charge is 0.186 e. The highest BCUT2D eigenvalue weighted by Gasteiger charge is 2.17. The van der Waals surface area contributed by atoms with Crippen LogP contribution in [-0.2, 0) is 7.05 Å². The molecule has 12 heavy (non-hydrogen) atoms. The summed E-state index contributed by atoms with van der Waals surface area (Å²) in [5.74, 6) is 0. The lowest BCUT2D eigenvalue weighted by Crippen LogP contribution is -2.10. The second-order valence-corrected chi connectivity index (χ2v) is 4.17. The maximum atomic E-state index is 4.17. The van der Waals surface area contributed by atoms with Crippen molar-refractivity contribution >= 4 is 11.8 Å². The van der Waals surface area contributed by atoms with Crippen molar-refractivity contribution < 1.29 is 0 Å². The van der Waals surface area contributed by atoms with Gasteiger partial charge in [-0.3, -0.25) is 0 Å². The summed E-state index contributed by atoms with van der Waals surface area (Å²) < 4.78 is 1.82. The normalized spacial score (nSPS) is 23.2. The Bertz CT molecular complexity index is 254. The predicted octanol–water partition coefficient (Wildman–Crippen LogP) is 0.269. The second-order valence-electron chi connectivity index (χ2n) is 2.90. The molecule has 2 heterocycles. The number of hydrogen-bond donors (Lipinski definition) is 1. The number of rotatable bonds is 2. The summed E-state index contributed by atoms with van der Waals surface area (Å²) in [7, 11) is 1.93. The van der Waals surface area contributed by atoms with E-state index in [4.69, 9.17) is 0 Å². The van der Waals surface area contributed by atoms with Crippen molar-refractivity contribution in [1.82, 2.24) is 20.1 Å². The van der Waals surface area contributed by atoms with Crippen molar-refractivity contribution in [3.8, 4) is 0 Å². The van der Waals surface area contributed by atoms with Crippen LogP contribution in [0.15, 0.2) is 11.5 Å². The van der Waals surface area contributed by atoms with Crippen molar-refractivity contribution in [3.63, 3.8) is 0 Å². The van der Waals surface area contributed by atoms with Crippen LogP contribution < -0.4 is 5.32 Å². The van der Waals surface area contributed by atoms with Crippen molar-refractivity contribution in [3.05, 3.63) is 6.33 Å². The van der Waals surface area contributed by atoms with Crippen molar-refractivity contribution in [2.75, 3.05) is 13.1 Å². The fourth-order valence-corrected chi connectivity index (χ4v) is 2.31. The molecule has 2 rings (SSSR count). The number of nitrogens with zero attached hydrogens (tertiary/aromatic N) is 3. The standard InChI is InChI=1S/C7H12N4S/c1-11-7(9-5-10-11)12-6-2-3-8-4-6/h5-6,8H,2-4H2,1H3. The molecule has 66 valence electrons. The first-order valence-corrected chi connectivity index (χ1v) is 4.95. The molecule has 5 heteroatoms. The maximum absolute atomic E-state index is 4.17. The monoisotopic (exact) mass is 184 g/mol. The lowest BCUT2D eigenvalue weighted by molar-refractivity contribution is 0.683. The van der Waals surface area contributed by atoms with Gasteiger partial charge in [0, 0.05) is 18.8 Å². The van der Waals surface area contributed by atoms with E-state index in [2.05, 4.69) is 15.4 Å². The van der Waals surface area contributed by atoms with Crippen LogP contribution in [0.5, 0.6) is 0 Å². The quantitative estimate of drug-likeness (QED) is 0.716. The van der Waals surface area contributed by atoms with E-state index in [9.17, 15) is 0 Å². The third-order valence-electron chi connectivity index (χ3n) is 1.96. The zero-order chi connectivity index (χ0) is 8.39. The van der Waals surface area contributed by atoms with E-state index in [0.29, 0.717) is 5.25 Å². The van der Waals surface area contributed by atoms with Crippen molar-refractivity contribution in [2.45, 2.75) is 16.8 Å². The van der Waals surface area contributed by atoms with Gasteiger partial charge >= 0.3 is 0 Å². The Kier molecular flexibility index (Phi) is 2.32. The molecule has 1 aliphatic rings. The van der Waals surface area contributed by atoms with E-state index in [1.165, 1.54) is 6.42 Å². The molecule has 1 fully saturated rings. The molecule has 0 saturated carbocycles. The van der Waals surface area contributed by atoms with Gasteiger partial charge in [0.15, 0.2) is 5.16 Å². The Morgan fingerprint density at radius 2 is 2.67 bits per heavy atom. The third-order valence-corrected chi connectivity index (χ3v) is 3.27. The van der Waals surface area contributed by atoms with Crippen molar-refractivity contribution in [1.29, 1.82) is 0 Å². The van der Waals surface area contributed by atoms with Gasteiger partial charge in [-0.2, -0.15) is 5.10 Å². The molecule has 1 unspecified atom stereocenters. The molecule has 1 aliphatic heterocycles. The van der Waals surface area contributed by atoms with Gasteiger partial charge in [0.2, 0.25) is 0 Å². The van der Waals surface area contributed by atoms with Crippen LogP contribution in [0, 0.1) is 0 Å². The topological polar surface area (TPSA) is 42.7 Å². The number of thioether (sulfide) groups is 1. The number of nitrogens with one attached hydrogen (secondary N) is 1. The van der Waals surface area contributed by atoms with Crippen LogP contribution in [-0.4, -0.2) is 33.1 Å². The molecule has 1 aromatic heterocycles. The van der Waals surface area contributed by atoms with Crippen LogP contribution in [0.1, 0.15) is 6.42 Å². The average molecular weight is 184 g/mol. The highest BCUT2D eigenvalue weighted by atomic mass is 32.2. The number of hydrogen-bond acceptors (Lipinski definition) is 4. The van der Waals surface area contributed by atoms with Gasteiger partial charge in [-0.25, -0.2) is 9.67 Å². The zero-order valence-electron chi connectivity index (χ0n) is 7.03. The summed E-state index contributed by atoms with van der Waals surface area (Å²) in [4.78, 5) is 4.17. The van der Waals surface area contributed by atoms with E-state index in [1.807, 2.05) is 23.5 Å². The SMILES string of the molecule is Cn1ncnc1SC1CCNC1. The molecule has 0 spiro atoms. The highest BCUT2D eigenvalue weighted by molar-refractivity contribution is 7.99. The fraction of sp³-hybridized carbons (Fsp3) is 0.714. The lowest BCUT2D eigenvalue weighted by Gasteiger charge is -2.05. The minimum Gasteiger partial charge on any atom is -0.316 e. The molecular formula is C7H12N4S. The van der Waals surface area contributed by atoms with E-state index in [0.717, 1.165) is 18.2 Å². The Morgan fingerprint density at radius 3 is 3.25 bits per heavy atom. The van der Waals surface area contributed by atoms with E-state index >= 15 is 0 Å². The van der Waals surface area contributed by atoms with Crippen LogP contribution in [0.4, 0.5) is 0 Å². The molecule has 1 N–H and O–H groups in total. The number of aromatic nitrogens is 3. The van der Waals surface area contributed by atoms with Crippen molar-refractivity contribution in [2.24, 2.45) is 7.05 Å². The van der Waals surface area contributed by atoms with Gasteiger partial charge in [0.05, 0.1) is 0 Å². The lowest BCUT2D eigenvalue weighted by atomic mass is 10.4. The Morgan fingerprint density at radius 1 is 1.75 bits per heavy atom. The highest BCUT2D eigenvalue weighted by Crippen LogP contribution is 2.23. The summed E-state index contributed by atoms with van der Waals surface area (Å²) in [6.07, 6.45) is 2.84. The van der Waals surface area contributed by atoms with Crippen LogP contribution in [0.25, 0.3) is 0 Å². The van der Waals surface area contributed by atoms with Gasteiger partial charge in [-0.15, -0.1) is 0 Å². The molecule has 1 aromatic rings.